The molecule has 0 spiro atoms. The van der Waals surface area contributed by atoms with Crippen LogP contribution in [0.1, 0.15) is 24.2 Å². The molecule has 5 heteroatoms. The lowest BCUT2D eigenvalue weighted by atomic mass is 10.0. The van der Waals surface area contributed by atoms with Gasteiger partial charge < -0.3 is 10.0 Å². The number of fused-ring (bicyclic) bond motifs is 1. The molecule has 0 aliphatic rings. The van der Waals surface area contributed by atoms with Crippen molar-refractivity contribution < 1.29 is 9.90 Å². The number of nitrogens with zero attached hydrogens (tertiary/aromatic N) is 1. The number of halogens is 2. The van der Waals surface area contributed by atoms with Crippen LogP contribution >= 0.6 is 38.5 Å². The second kappa shape index (κ2) is 6.30. The second-order valence-electron chi connectivity index (χ2n) is 4.43. The van der Waals surface area contributed by atoms with Gasteiger partial charge in [0.1, 0.15) is 5.75 Å². The van der Waals surface area contributed by atoms with Gasteiger partial charge in [-0.05, 0) is 65.4 Å². The predicted octanol–water partition coefficient (Wildman–Crippen LogP) is 4.39. The summed E-state index contributed by atoms with van der Waals surface area (Å²) in [5, 5.41) is 12.2. The maximum absolute atomic E-state index is 12.5. The number of aromatic hydroxyl groups is 1. The first-order valence-corrected chi connectivity index (χ1v) is 8.26. The van der Waals surface area contributed by atoms with Crippen molar-refractivity contribution in [3.05, 3.63) is 37.9 Å². The van der Waals surface area contributed by atoms with Crippen molar-refractivity contribution >= 4 is 55.2 Å². The van der Waals surface area contributed by atoms with Gasteiger partial charge in [0.15, 0.2) is 0 Å². The van der Waals surface area contributed by atoms with Gasteiger partial charge in [-0.25, -0.2) is 0 Å². The molecule has 2 aromatic carbocycles. The lowest BCUT2D eigenvalue weighted by molar-refractivity contribution is 0.0770. The average Bonchev–Trinajstić information content (AvgIpc) is 2.43. The third-order valence-electron chi connectivity index (χ3n) is 3.29. The van der Waals surface area contributed by atoms with E-state index >= 15 is 0 Å². The summed E-state index contributed by atoms with van der Waals surface area (Å²) in [6.07, 6.45) is 0. The molecular weight excluding hydrogens is 433 g/mol. The van der Waals surface area contributed by atoms with Gasteiger partial charge >= 0.3 is 0 Å². The monoisotopic (exact) mass is 447 g/mol. The minimum absolute atomic E-state index is 0.0670. The van der Waals surface area contributed by atoms with E-state index in [1.807, 2.05) is 32.0 Å². The van der Waals surface area contributed by atoms with Gasteiger partial charge in [-0.1, -0.05) is 22.0 Å². The van der Waals surface area contributed by atoms with Crippen molar-refractivity contribution in [3.63, 3.8) is 0 Å². The molecule has 0 bridgehead atoms. The minimum Gasteiger partial charge on any atom is -0.506 e. The molecule has 0 aliphatic heterocycles. The Bertz CT molecular complexity index is 668. The first kappa shape index (κ1) is 15.6. The number of amides is 1. The average molecular weight is 448 g/mol. The molecule has 0 fully saturated rings. The molecule has 0 atom stereocenters. The van der Waals surface area contributed by atoms with Crippen molar-refractivity contribution in [2.45, 2.75) is 13.8 Å². The number of hydrogen-bond acceptors (Lipinski definition) is 2. The van der Waals surface area contributed by atoms with Crippen LogP contribution in [0.25, 0.3) is 10.8 Å². The van der Waals surface area contributed by atoms with Gasteiger partial charge in [-0.3, -0.25) is 4.79 Å². The fraction of sp³-hybridized carbons (Fsp3) is 0.267. The Hall–Kier alpha value is -0.820. The Morgan fingerprint density at radius 3 is 2.55 bits per heavy atom. The molecule has 3 nitrogen and oxygen atoms in total. The standard InChI is InChI=1S/C15H15BrINO2/c1-3-18(4-2)15(20)12-8-9-7-10(16)5-6-11(9)13(17)14(12)19/h5-8,19H,3-4H2,1-2H3. The zero-order valence-corrected chi connectivity index (χ0v) is 15.0. The lowest BCUT2D eigenvalue weighted by Crippen LogP contribution is -2.30. The summed E-state index contributed by atoms with van der Waals surface area (Å²) in [4.78, 5) is 14.2. The van der Waals surface area contributed by atoms with Crippen LogP contribution in [0.2, 0.25) is 0 Å². The van der Waals surface area contributed by atoms with E-state index in [0.29, 0.717) is 22.2 Å². The molecule has 2 rings (SSSR count). The van der Waals surface area contributed by atoms with Crippen LogP contribution in [0.5, 0.6) is 5.75 Å². The van der Waals surface area contributed by atoms with Crippen LogP contribution in [0.4, 0.5) is 0 Å². The molecule has 0 aliphatic carbocycles. The summed E-state index contributed by atoms with van der Waals surface area (Å²) >= 11 is 5.52. The maximum atomic E-state index is 12.5. The zero-order valence-electron chi connectivity index (χ0n) is 11.3. The molecule has 0 heterocycles. The third kappa shape index (κ3) is 2.79. The topological polar surface area (TPSA) is 40.5 Å². The van der Waals surface area contributed by atoms with E-state index in [0.717, 1.165) is 15.2 Å². The van der Waals surface area contributed by atoms with E-state index in [4.69, 9.17) is 0 Å². The van der Waals surface area contributed by atoms with E-state index in [-0.39, 0.29) is 11.7 Å². The molecule has 2 aromatic rings. The number of phenolic OH excluding ortho intramolecular Hbond substituents is 1. The normalized spacial score (nSPS) is 10.8. The summed E-state index contributed by atoms with van der Waals surface area (Å²) in [7, 11) is 0. The van der Waals surface area contributed by atoms with E-state index in [1.165, 1.54) is 0 Å². The summed E-state index contributed by atoms with van der Waals surface area (Å²) in [6, 6.07) is 7.58. The van der Waals surface area contributed by atoms with Gasteiger partial charge in [0.2, 0.25) is 0 Å². The Morgan fingerprint density at radius 1 is 1.30 bits per heavy atom. The molecule has 0 unspecified atom stereocenters. The van der Waals surface area contributed by atoms with E-state index < -0.39 is 0 Å². The first-order chi connectivity index (χ1) is 9.49. The molecule has 0 saturated carbocycles. The van der Waals surface area contributed by atoms with Crippen LogP contribution in [-0.4, -0.2) is 29.0 Å². The van der Waals surface area contributed by atoms with Crippen LogP contribution < -0.4 is 0 Å². The van der Waals surface area contributed by atoms with E-state index in [2.05, 4.69) is 38.5 Å². The lowest BCUT2D eigenvalue weighted by Gasteiger charge is -2.20. The molecule has 0 aromatic heterocycles. The van der Waals surface area contributed by atoms with E-state index in [1.54, 1.807) is 11.0 Å². The van der Waals surface area contributed by atoms with Crippen LogP contribution in [-0.2, 0) is 0 Å². The number of carbonyl (C=O) groups excluding carboxylic acids is 1. The Morgan fingerprint density at radius 2 is 1.95 bits per heavy atom. The third-order valence-corrected chi connectivity index (χ3v) is 4.88. The summed E-state index contributed by atoms with van der Waals surface area (Å²) < 4.78 is 1.66. The smallest absolute Gasteiger partial charge is 0.257 e. The Kier molecular flexibility index (Phi) is 4.90. The number of phenols is 1. The van der Waals surface area contributed by atoms with E-state index in [9.17, 15) is 9.90 Å². The maximum Gasteiger partial charge on any atom is 0.257 e. The number of hydrogen-bond donors (Lipinski definition) is 1. The highest BCUT2D eigenvalue weighted by Crippen LogP contribution is 2.34. The highest BCUT2D eigenvalue weighted by Gasteiger charge is 2.20. The first-order valence-electron chi connectivity index (χ1n) is 6.39. The quantitative estimate of drug-likeness (QED) is 0.708. The number of carbonyl (C=O) groups is 1. The van der Waals surface area contributed by atoms with Gasteiger partial charge in [-0.15, -0.1) is 0 Å². The Labute approximate surface area is 140 Å². The number of rotatable bonds is 3. The highest BCUT2D eigenvalue weighted by molar-refractivity contribution is 14.1. The van der Waals surface area contributed by atoms with Crippen molar-refractivity contribution in [1.82, 2.24) is 4.90 Å². The van der Waals surface area contributed by atoms with Crippen molar-refractivity contribution in [3.8, 4) is 5.75 Å². The second-order valence-corrected chi connectivity index (χ2v) is 6.42. The van der Waals surface area contributed by atoms with Gasteiger partial charge in [0.05, 0.1) is 9.13 Å². The highest BCUT2D eigenvalue weighted by atomic mass is 127. The summed E-state index contributed by atoms with van der Waals surface area (Å²) in [6.45, 7) is 5.12. The van der Waals surface area contributed by atoms with Crippen LogP contribution in [0, 0.1) is 3.57 Å². The van der Waals surface area contributed by atoms with Crippen molar-refractivity contribution in [2.75, 3.05) is 13.1 Å². The van der Waals surface area contributed by atoms with Crippen molar-refractivity contribution in [1.29, 1.82) is 0 Å². The molecule has 0 saturated heterocycles. The summed E-state index contributed by atoms with van der Waals surface area (Å²) in [5.41, 5.74) is 0.365. The van der Waals surface area contributed by atoms with Gasteiger partial charge in [0.25, 0.3) is 5.91 Å². The fourth-order valence-electron chi connectivity index (χ4n) is 2.17. The van der Waals surface area contributed by atoms with Crippen LogP contribution in [0.15, 0.2) is 28.7 Å². The molecule has 106 valence electrons. The van der Waals surface area contributed by atoms with Crippen molar-refractivity contribution in [2.24, 2.45) is 0 Å². The minimum atomic E-state index is -0.132. The molecular formula is C15H15BrINO2. The molecule has 1 N–H and O–H groups in total. The van der Waals surface area contributed by atoms with Crippen LogP contribution in [0.3, 0.4) is 0 Å². The SMILES string of the molecule is CCN(CC)C(=O)c1cc2cc(Br)ccc2c(I)c1O. The Balaban J connectivity index is 2.65. The van der Waals surface area contributed by atoms with Gasteiger partial charge in [-0.2, -0.15) is 0 Å². The fourth-order valence-corrected chi connectivity index (χ4v) is 3.33. The number of benzene rings is 2. The zero-order chi connectivity index (χ0) is 14.9. The molecule has 20 heavy (non-hydrogen) atoms. The predicted molar refractivity (Wildman–Crippen MR) is 93.3 cm³/mol. The summed E-state index contributed by atoms with van der Waals surface area (Å²) in [5.74, 6) is -0.0652. The molecule has 1 amide bonds. The van der Waals surface area contributed by atoms with Gasteiger partial charge in [0, 0.05) is 17.6 Å². The molecule has 0 radical (unpaired) electrons. The largest absolute Gasteiger partial charge is 0.506 e.